The molecular weight excluding hydrogens is 212 g/mol. The first-order valence-corrected chi connectivity index (χ1v) is 7.80. The Balaban J connectivity index is 2.86. The van der Waals surface area contributed by atoms with Gasteiger partial charge < -0.3 is 0 Å². The molecule has 0 nitrogen and oxygen atoms in total. The summed E-state index contributed by atoms with van der Waals surface area (Å²) in [5, 5.41) is 3.28. The van der Waals surface area contributed by atoms with E-state index < -0.39 is 10.0 Å². The molecule has 1 aromatic rings. The topological polar surface area (TPSA) is 0 Å². The average molecular weight is 228 g/mol. The third-order valence-corrected chi connectivity index (χ3v) is 2.42. The number of benzene rings is 1. The molecule has 0 saturated carbocycles. The van der Waals surface area contributed by atoms with Crippen molar-refractivity contribution in [2.24, 2.45) is 0 Å². The van der Waals surface area contributed by atoms with E-state index in [0.717, 1.165) is 11.1 Å². The summed E-state index contributed by atoms with van der Waals surface area (Å²) in [5.74, 6) is 8.99. The van der Waals surface area contributed by atoms with Gasteiger partial charge in [0.1, 0.15) is 0 Å². The van der Waals surface area contributed by atoms with Crippen molar-refractivity contribution in [2.45, 2.75) is 0 Å². The molecule has 0 aliphatic carbocycles. The monoisotopic (exact) mass is 228 g/mol. The van der Waals surface area contributed by atoms with Crippen LogP contribution in [0.1, 0.15) is 11.1 Å². The molecule has 0 fully saturated rings. The summed E-state index contributed by atoms with van der Waals surface area (Å²) in [6, 6.07) is 7.98. The van der Waals surface area contributed by atoms with E-state index in [1.807, 2.05) is 24.3 Å². The van der Waals surface area contributed by atoms with Gasteiger partial charge >= 0.3 is 0 Å². The van der Waals surface area contributed by atoms with Crippen LogP contribution in [0.15, 0.2) is 36.9 Å². The molecule has 16 heavy (non-hydrogen) atoms. The summed E-state index contributed by atoms with van der Waals surface area (Å²) in [4.78, 5) is 0. The van der Waals surface area contributed by atoms with Gasteiger partial charge in [-0.05, 0) is 54.4 Å². The maximum absolute atomic E-state index is 3.56. The zero-order valence-electron chi connectivity index (χ0n) is 10.0. The quantitative estimate of drug-likeness (QED) is 0.598. The molecule has 0 aromatic heterocycles. The molecule has 0 heterocycles. The van der Waals surface area contributed by atoms with Crippen LogP contribution >= 0.6 is 10.0 Å². The summed E-state index contributed by atoms with van der Waals surface area (Å²) >= 11 is 0. The maximum Gasteiger partial charge on any atom is 0.0254 e. The summed E-state index contributed by atoms with van der Waals surface area (Å²) in [5.41, 5.74) is 2.04. The highest BCUT2D eigenvalue weighted by Crippen LogP contribution is 2.32. The molecule has 0 aliphatic rings. The Morgan fingerprint density at radius 2 is 1.50 bits per heavy atom. The Morgan fingerprint density at radius 3 is 1.94 bits per heavy atom. The minimum Gasteiger partial charge on any atom is -0.186 e. The Bertz CT molecular complexity index is 479. The van der Waals surface area contributed by atoms with E-state index in [2.05, 4.69) is 48.4 Å². The van der Waals surface area contributed by atoms with E-state index in [0.29, 0.717) is 0 Å². The Kier molecular flexibility index (Phi) is 4.29. The summed E-state index contributed by atoms with van der Waals surface area (Å²) < 4.78 is 0. The smallest absolute Gasteiger partial charge is 0.0254 e. The zero-order chi connectivity index (χ0) is 12.0. The zero-order valence-corrected chi connectivity index (χ0v) is 10.8. The molecule has 0 spiro atoms. The molecular formula is C15H16S. The van der Waals surface area contributed by atoms with Crippen LogP contribution in [0, 0.1) is 23.0 Å². The van der Waals surface area contributed by atoms with E-state index in [1.54, 1.807) is 6.08 Å². The molecule has 0 bridgehead atoms. The van der Waals surface area contributed by atoms with Crippen molar-refractivity contribution in [1.29, 1.82) is 0 Å². The molecule has 82 valence electrons. The lowest BCUT2D eigenvalue weighted by Gasteiger charge is -2.14. The molecule has 0 atom stereocenters. The van der Waals surface area contributed by atoms with Gasteiger partial charge in [0, 0.05) is 11.1 Å². The van der Waals surface area contributed by atoms with Gasteiger partial charge in [0.2, 0.25) is 0 Å². The fraction of sp³-hybridized carbons (Fsp3) is 0.200. The van der Waals surface area contributed by atoms with Crippen molar-refractivity contribution in [2.75, 3.05) is 18.8 Å². The Morgan fingerprint density at radius 1 is 1.00 bits per heavy atom. The summed E-state index contributed by atoms with van der Waals surface area (Å²) in [6.07, 6.45) is 8.15. The van der Waals surface area contributed by atoms with E-state index in [-0.39, 0.29) is 0 Å². The van der Waals surface area contributed by atoms with Crippen LogP contribution in [-0.2, 0) is 0 Å². The van der Waals surface area contributed by atoms with Gasteiger partial charge in [0.15, 0.2) is 0 Å². The first-order valence-electron chi connectivity index (χ1n) is 4.95. The third-order valence-electron chi connectivity index (χ3n) is 1.71. The predicted molar refractivity (Wildman–Crippen MR) is 75.8 cm³/mol. The Labute approximate surface area is 100 Å². The molecule has 1 heteroatoms. The first-order chi connectivity index (χ1) is 7.51. The highest BCUT2D eigenvalue weighted by molar-refractivity contribution is 8.35. The minimum absolute atomic E-state index is 0.749. The molecule has 0 unspecified atom stereocenters. The van der Waals surface area contributed by atoms with Crippen molar-refractivity contribution in [3.8, 4) is 23.0 Å². The molecule has 0 saturated heterocycles. The van der Waals surface area contributed by atoms with E-state index in [1.165, 1.54) is 0 Å². The van der Waals surface area contributed by atoms with Crippen LogP contribution in [0.4, 0.5) is 0 Å². The lowest BCUT2D eigenvalue weighted by molar-refractivity contribution is 1.60. The van der Waals surface area contributed by atoms with Gasteiger partial charge in [-0.2, -0.15) is 10.0 Å². The fourth-order valence-corrected chi connectivity index (χ4v) is 1.41. The summed E-state index contributed by atoms with van der Waals surface area (Å²) in [6.45, 7) is 3.56. The third kappa shape index (κ3) is 4.78. The second kappa shape index (κ2) is 5.50. The van der Waals surface area contributed by atoms with Crippen LogP contribution in [0.5, 0.6) is 0 Å². The second-order valence-corrected chi connectivity index (χ2v) is 7.99. The van der Waals surface area contributed by atoms with E-state index >= 15 is 0 Å². The van der Waals surface area contributed by atoms with Crippen molar-refractivity contribution in [1.82, 2.24) is 0 Å². The number of hydrogen-bond acceptors (Lipinski definition) is 0. The molecule has 1 aromatic carbocycles. The standard InChI is InChI=1S/C15H16S/c1-5-6-7-14-8-10-15(11-9-14)12-13-16(2,3)4/h5,8-11H,1H2,2-4H3. The van der Waals surface area contributed by atoms with Gasteiger partial charge in [-0.1, -0.05) is 24.3 Å². The maximum atomic E-state index is 3.56. The highest BCUT2D eigenvalue weighted by atomic mass is 32.3. The molecule has 0 radical (unpaired) electrons. The van der Waals surface area contributed by atoms with Crippen LogP contribution in [-0.4, -0.2) is 18.8 Å². The normalized spacial score (nSPS) is 10.4. The van der Waals surface area contributed by atoms with Crippen molar-refractivity contribution in [3.05, 3.63) is 48.0 Å². The van der Waals surface area contributed by atoms with Gasteiger partial charge in [0.05, 0.1) is 0 Å². The number of hydrogen-bond donors (Lipinski definition) is 0. The van der Waals surface area contributed by atoms with Crippen LogP contribution in [0.25, 0.3) is 0 Å². The van der Waals surface area contributed by atoms with Crippen LogP contribution < -0.4 is 0 Å². The van der Waals surface area contributed by atoms with E-state index in [9.17, 15) is 0 Å². The Hall–Kier alpha value is -1.57. The van der Waals surface area contributed by atoms with Crippen LogP contribution in [0.3, 0.4) is 0 Å². The SMILES string of the molecule is C=CC#Cc1ccc(C#CS(C)(C)C)cc1. The van der Waals surface area contributed by atoms with Gasteiger partial charge in [-0.25, -0.2) is 0 Å². The van der Waals surface area contributed by atoms with Crippen molar-refractivity contribution in [3.63, 3.8) is 0 Å². The molecule has 0 aliphatic heterocycles. The predicted octanol–water partition coefficient (Wildman–Crippen LogP) is 3.23. The second-order valence-electron chi connectivity index (χ2n) is 4.11. The highest BCUT2D eigenvalue weighted by Gasteiger charge is 1.95. The molecule has 0 amide bonds. The van der Waals surface area contributed by atoms with Crippen molar-refractivity contribution < 1.29 is 0 Å². The van der Waals surface area contributed by atoms with Crippen molar-refractivity contribution >= 4 is 10.0 Å². The lowest BCUT2D eigenvalue weighted by Crippen LogP contribution is -1.85. The van der Waals surface area contributed by atoms with Crippen LogP contribution in [0.2, 0.25) is 0 Å². The van der Waals surface area contributed by atoms with Gasteiger partial charge in [-0.15, -0.1) is 0 Å². The fourth-order valence-electron chi connectivity index (χ4n) is 0.983. The van der Waals surface area contributed by atoms with Gasteiger partial charge in [0.25, 0.3) is 0 Å². The molecule has 0 N–H and O–H groups in total. The first kappa shape index (κ1) is 12.5. The number of rotatable bonds is 0. The van der Waals surface area contributed by atoms with E-state index in [4.69, 9.17) is 0 Å². The summed E-state index contributed by atoms with van der Waals surface area (Å²) in [7, 11) is -0.749. The largest absolute Gasteiger partial charge is 0.186 e. The minimum atomic E-state index is -0.749. The lowest BCUT2D eigenvalue weighted by atomic mass is 10.1. The van der Waals surface area contributed by atoms with Gasteiger partial charge in [-0.3, -0.25) is 0 Å². The average Bonchev–Trinajstić information content (AvgIpc) is 2.24. The number of allylic oxidation sites excluding steroid dienone is 1. The molecule has 1 rings (SSSR count).